The third-order valence-electron chi connectivity index (χ3n) is 2.75. The van der Waals surface area contributed by atoms with Crippen molar-refractivity contribution in [3.8, 4) is 0 Å². The van der Waals surface area contributed by atoms with E-state index in [4.69, 9.17) is 9.25 Å². The van der Waals surface area contributed by atoms with E-state index in [-0.39, 0.29) is 11.5 Å². The molecule has 0 radical (unpaired) electrons. The summed E-state index contributed by atoms with van der Waals surface area (Å²) in [5.74, 6) is 0.845. The first-order valence-corrected chi connectivity index (χ1v) is 7.66. The van der Waals surface area contributed by atoms with Crippen molar-refractivity contribution in [2.75, 3.05) is 6.61 Å². The van der Waals surface area contributed by atoms with Gasteiger partial charge in [-0.15, -0.1) is 0 Å². The van der Waals surface area contributed by atoms with Crippen molar-refractivity contribution in [3.63, 3.8) is 0 Å². The molecule has 2 rings (SSSR count). The molecule has 0 bridgehead atoms. The van der Waals surface area contributed by atoms with Gasteiger partial charge >= 0.3 is 0 Å². The van der Waals surface area contributed by atoms with Crippen LogP contribution in [0, 0.1) is 13.8 Å². The summed E-state index contributed by atoms with van der Waals surface area (Å²) in [6, 6.07) is 3.67. The van der Waals surface area contributed by atoms with Crippen molar-refractivity contribution >= 4 is 10.0 Å². The highest BCUT2D eigenvalue weighted by atomic mass is 32.2. The zero-order chi connectivity index (χ0) is 14.6. The number of aromatic nitrogens is 2. The van der Waals surface area contributed by atoms with E-state index >= 15 is 0 Å². The summed E-state index contributed by atoms with van der Waals surface area (Å²) in [7, 11) is -3.70. The monoisotopic (exact) mass is 299 g/mol. The summed E-state index contributed by atoms with van der Waals surface area (Å²) >= 11 is 0. The average molecular weight is 299 g/mol. The predicted octanol–water partition coefficient (Wildman–Crippen LogP) is 1.46. The van der Waals surface area contributed by atoms with E-state index in [1.54, 1.807) is 20.1 Å². The molecular weight excluding hydrogens is 282 g/mol. The van der Waals surface area contributed by atoms with Gasteiger partial charge in [0.2, 0.25) is 0 Å². The van der Waals surface area contributed by atoms with Gasteiger partial charge in [-0.2, -0.15) is 5.10 Å². The molecule has 0 spiro atoms. The molecule has 0 amide bonds. The lowest BCUT2D eigenvalue weighted by atomic mass is 10.3. The molecule has 0 aliphatic carbocycles. The Balaban J connectivity index is 1.81. The molecule has 0 atom stereocenters. The van der Waals surface area contributed by atoms with Gasteiger partial charge in [-0.25, -0.2) is 8.42 Å². The van der Waals surface area contributed by atoms with E-state index in [9.17, 15) is 8.42 Å². The van der Waals surface area contributed by atoms with Gasteiger partial charge in [-0.1, -0.05) is 4.89 Å². The van der Waals surface area contributed by atoms with Crippen LogP contribution in [0.2, 0.25) is 0 Å². The van der Waals surface area contributed by atoms with Crippen LogP contribution in [0.4, 0.5) is 0 Å². The van der Waals surface area contributed by atoms with E-state index in [0.29, 0.717) is 24.2 Å². The van der Waals surface area contributed by atoms with Crippen LogP contribution < -0.4 is 4.89 Å². The Morgan fingerprint density at radius 2 is 2.25 bits per heavy atom. The van der Waals surface area contributed by atoms with Crippen LogP contribution in [-0.4, -0.2) is 25.2 Å². The number of sulfonamides is 1. The number of aryl methyl sites for hydroxylation is 3. The van der Waals surface area contributed by atoms with Gasteiger partial charge in [0.05, 0.1) is 24.3 Å². The van der Waals surface area contributed by atoms with Crippen LogP contribution >= 0.6 is 0 Å². The van der Waals surface area contributed by atoms with Crippen molar-refractivity contribution < 1.29 is 17.7 Å². The van der Waals surface area contributed by atoms with Gasteiger partial charge < -0.3 is 4.42 Å². The molecule has 2 aromatic heterocycles. The largest absolute Gasteiger partial charge is 0.469 e. The van der Waals surface area contributed by atoms with Crippen LogP contribution in [0.25, 0.3) is 0 Å². The second kappa shape index (κ2) is 6.21. The molecule has 0 aliphatic heterocycles. The lowest BCUT2D eigenvalue weighted by Crippen LogP contribution is -2.25. The summed E-state index contributed by atoms with van der Waals surface area (Å²) < 4.78 is 29.2. The SMILES string of the molecule is Cc1n[nH]c(C)c1S(=O)(=O)NOCCCc1ccco1. The number of nitrogens with zero attached hydrogens (tertiary/aromatic N) is 1. The Morgan fingerprint density at radius 1 is 1.45 bits per heavy atom. The standard InChI is InChI=1S/C12H17N3O4S/c1-9-12(10(2)14-13-9)20(16,17)15-19-8-4-6-11-5-3-7-18-11/h3,5,7,15H,4,6,8H2,1-2H3,(H,13,14). The lowest BCUT2D eigenvalue weighted by molar-refractivity contribution is 0.0905. The predicted molar refractivity (Wildman–Crippen MR) is 71.4 cm³/mol. The van der Waals surface area contributed by atoms with Crippen LogP contribution in [0.5, 0.6) is 0 Å². The minimum atomic E-state index is -3.70. The highest BCUT2D eigenvalue weighted by Gasteiger charge is 2.22. The molecule has 2 N–H and O–H groups in total. The van der Waals surface area contributed by atoms with E-state index < -0.39 is 10.0 Å². The first kappa shape index (κ1) is 14.8. The molecule has 2 heterocycles. The number of rotatable bonds is 7. The van der Waals surface area contributed by atoms with Gasteiger partial charge in [0.1, 0.15) is 10.7 Å². The van der Waals surface area contributed by atoms with E-state index in [1.165, 1.54) is 0 Å². The minimum absolute atomic E-state index is 0.128. The van der Waals surface area contributed by atoms with Gasteiger partial charge in [0.15, 0.2) is 0 Å². The Bertz CT molecular complexity index is 627. The molecule has 8 heteroatoms. The van der Waals surface area contributed by atoms with Gasteiger partial charge in [0, 0.05) is 6.42 Å². The van der Waals surface area contributed by atoms with E-state index in [2.05, 4.69) is 15.1 Å². The molecule has 0 fully saturated rings. The van der Waals surface area contributed by atoms with Crippen molar-refractivity contribution in [1.29, 1.82) is 0 Å². The molecule has 0 unspecified atom stereocenters. The smallest absolute Gasteiger partial charge is 0.266 e. The summed E-state index contributed by atoms with van der Waals surface area (Å²) in [5.41, 5.74) is 0.892. The Hall–Kier alpha value is -1.64. The fraction of sp³-hybridized carbons (Fsp3) is 0.417. The summed E-state index contributed by atoms with van der Waals surface area (Å²) in [6.07, 6.45) is 2.95. The van der Waals surface area contributed by atoms with Crippen LogP contribution in [0.1, 0.15) is 23.6 Å². The summed E-state index contributed by atoms with van der Waals surface area (Å²) in [5, 5.41) is 6.47. The fourth-order valence-electron chi connectivity index (χ4n) is 1.87. The number of furan rings is 1. The van der Waals surface area contributed by atoms with E-state index in [1.807, 2.05) is 12.1 Å². The van der Waals surface area contributed by atoms with E-state index in [0.717, 1.165) is 5.76 Å². The zero-order valence-electron chi connectivity index (χ0n) is 11.3. The fourth-order valence-corrected chi connectivity index (χ4v) is 3.08. The topological polar surface area (TPSA) is 97.2 Å². The maximum atomic E-state index is 12.0. The second-order valence-corrected chi connectivity index (χ2v) is 5.96. The third-order valence-corrected chi connectivity index (χ3v) is 4.22. The molecule has 110 valence electrons. The molecule has 0 aliphatic rings. The number of nitrogens with one attached hydrogen (secondary N) is 2. The van der Waals surface area contributed by atoms with Crippen molar-refractivity contribution in [2.24, 2.45) is 0 Å². The number of hydrogen-bond acceptors (Lipinski definition) is 5. The third kappa shape index (κ3) is 3.47. The molecular formula is C12H17N3O4S. The Labute approximate surface area is 117 Å². The maximum Gasteiger partial charge on any atom is 0.266 e. The molecule has 0 saturated heterocycles. The maximum absolute atomic E-state index is 12.0. The highest BCUT2D eigenvalue weighted by Crippen LogP contribution is 2.16. The number of H-pyrrole nitrogens is 1. The first-order chi connectivity index (χ1) is 9.50. The Kier molecular flexibility index (Phi) is 4.58. The highest BCUT2D eigenvalue weighted by molar-refractivity contribution is 7.89. The van der Waals surface area contributed by atoms with Crippen molar-refractivity contribution in [2.45, 2.75) is 31.6 Å². The lowest BCUT2D eigenvalue weighted by Gasteiger charge is -2.06. The minimum Gasteiger partial charge on any atom is -0.469 e. The quantitative estimate of drug-likeness (QED) is 0.596. The molecule has 7 nitrogen and oxygen atoms in total. The van der Waals surface area contributed by atoms with Crippen LogP contribution in [0.15, 0.2) is 27.7 Å². The van der Waals surface area contributed by atoms with Gasteiger partial charge in [0.25, 0.3) is 10.0 Å². The number of hydrogen-bond donors (Lipinski definition) is 2. The van der Waals surface area contributed by atoms with Crippen LogP contribution in [-0.2, 0) is 21.3 Å². The molecule has 0 aromatic carbocycles. The van der Waals surface area contributed by atoms with Gasteiger partial charge in [-0.05, 0) is 32.4 Å². The summed E-state index contributed by atoms with van der Waals surface area (Å²) in [6.45, 7) is 3.52. The van der Waals surface area contributed by atoms with Crippen molar-refractivity contribution in [1.82, 2.24) is 15.1 Å². The second-order valence-electron chi connectivity index (χ2n) is 4.38. The molecule has 0 saturated carbocycles. The number of aromatic amines is 1. The summed E-state index contributed by atoms with van der Waals surface area (Å²) in [4.78, 5) is 7.24. The Morgan fingerprint density at radius 3 is 2.85 bits per heavy atom. The normalized spacial score (nSPS) is 11.9. The average Bonchev–Trinajstić information content (AvgIpc) is 2.99. The molecule has 20 heavy (non-hydrogen) atoms. The van der Waals surface area contributed by atoms with Crippen LogP contribution in [0.3, 0.4) is 0 Å². The zero-order valence-corrected chi connectivity index (χ0v) is 12.2. The first-order valence-electron chi connectivity index (χ1n) is 6.18. The van der Waals surface area contributed by atoms with Gasteiger partial charge in [-0.3, -0.25) is 9.94 Å². The van der Waals surface area contributed by atoms with Crippen molar-refractivity contribution in [3.05, 3.63) is 35.5 Å². The molecule has 2 aromatic rings.